The molecule has 0 radical (unpaired) electrons. The fourth-order valence-corrected chi connectivity index (χ4v) is 3.97. The maximum atomic E-state index is 13.7. The number of rotatable bonds is 11. The van der Waals surface area contributed by atoms with E-state index in [2.05, 4.69) is 10.2 Å². The number of nitrogens with two attached hydrogens (primary N) is 1. The summed E-state index contributed by atoms with van der Waals surface area (Å²) in [7, 11) is 0. The first-order chi connectivity index (χ1) is 16.1. The summed E-state index contributed by atoms with van der Waals surface area (Å²) in [4.78, 5) is 11.0. The Hall–Kier alpha value is -3.02. The Kier molecular flexibility index (Phi) is 8.24. The molecule has 0 fully saturated rings. The van der Waals surface area contributed by atoms with Crippen LogP contribution in [0, 0.1) is 0 Å². The molecule has 1 heterocycles. The van der Waals surface area contributed by atoms with Crippen molar-refractivity contribution in [3.63, 3.8) is 0 Å². The lowest BCUT2D eigenvalue weighted by Crippen LogP contribution is -2.35. The molecule has 1 atom stereocenters. The number of aliphatic carboxylic acids is 1. The van der Waals surface area contributed by atoms with E-state index in [1.165, 1.54) is 19.1 Å². The highest BCUT2D eigenvalue weighted by Crippen LogP contribution is 2.40. The molecule has 34 heavy (non-hydrogen) atoms. The van der Waals surface area contributed by atoms with Gasteiger partial charge in [-0.15, -0.1) is 10.2 Å². The number of benzene rings is 2. The number of halogens is 3. The third-order valence-corrected chi connectivity index (χ3v) is 6.02. The van der Waals surface area contributed by atoms with Crippen molar-refractivity contribution in [3.05, 3.63) is 64.7 Å². The first-order valence-corrected chi connectivity index (χ1v) is 11.2. The predicted molar refractivity (Wildman–Crippen MR) is 120 cm³/mol. The molecule has 0 unspecified atom stereocenters. The number of ether oxygens (including phenoxy) is 2. The minimum atomic E-state index is -4.64. The molecule has 0 aliphatic rings. The molecule has 0 aliphatic carbocycles. The molecule has 0 saturated heterocycles. The molecule has 3 aromatic rings. The highest BCUT2D eigenvalue weighted by Gasteiger charge is 2.35. The van der Waals surface area contributed by atoms with Gasteiger partial charge in [-0.05, 0) is 30.7 Å². The second-order valence-corrected chi connectivity index (χ2v) is 8.83. The van der Waals surface area contributed by atoms with Crippen molar-refractivity contribution in [3.8, 4) is 16.3 Å². The van der Waals surface area contributed by atoms with Gasteiger partial charge in [-0.1, -0.05) is 41.7 Å². The number of aromatic nitrogens is 2. The van der Waals surface area contributed by atoms with Crippen molar-refractivity contribution in [2.75, 3.05) is 13.2 Å². The van der Waals surface area contributed by atoms with E-state index >= 15 is 0 Å². The van der Waals surface area contributed by atoms with Crippen LogP contribution in [0.2, 0.25) is 0 Å². The van der Waals surface area contributed by atoms with E-state index in [0.29, 0.717) is 19.6 Å². The summed E-state index contributed by atoms with van der Waals surface area (Å²) >= 11 is 0.950. The molecule has 1 aromatic heterocycles. The van der Waals surface area contributed by atoms with Gasteiger partial charge in [0, 0.05) is 12.0 Å². The fraction of sp³-hybridized carbons (Fsp3) is 0.348. The van der Waals surface area contributed by atoms with E-state index in [0.717, 1.165) is 23.0 Å². The smallest absolute Gasteiger partial charge is 0.419 e. The van der Waals surface area contributed by atoms with Gasteiger partial charge < -0.3 is 20.3 Å². The number of hydrogen-bond donors (Lipinski definition) is 2. The van der Waals surface area contributed by atoms with Gasteiger partial charge in [0.05, 0.1) is 37.3 Å². The van der Waals surface area contributed by atoms with Crippen LogP contribution in [-0.4, -0.2) is 34.5 Å². The fourth-order valence-electron chi connectivity index (χ4n) is 3.08. The van der Waals surface area contributed by atoms with Crippen molar-refractivity contribution < 1.29 is 32.5 Å². The number of nitrogens with zero attached hydrogens (tertiary/aromatic N) is 2. The van der Waals surface area contributed by atoms with Crippen molar-refractivity contribution in [1.82, 2.24) is 10.2 Å². The molecular formula is C23H24F3N3O4S. The maximum absolute atomic E-state index is 13.7. The predicted octanol–water partition coefficient (Wildman–Crippen LogP) is 4.86. The maximum Gasteiger partial charge on any atom is 0.419 e. The number of carboxylic acid groups (broad SMARTS) is 1. The van der Waals surface area contributed by atoms with Crippen molar-refractivity contribution in [1.29, 1.82) is 0 Å². The monoisotopic (exact) mass is 495 g/mol. The second kappa shape index (κ2) is 10.9. The average Bonchev–Trinajstić information content (AvgIpc) is 3.27. The Morgan fingerprint density at radius 2 is 1.85 bits per heavy atom. The second-order valence-electron chi connectivity index (χ2n) is 7.85. The molecule has 7 nitrogen and oxygen atoms in total. The van der Waals surface area contributed by atoms with Crippen molar-refractivity contribution in [2.24, 2.45) is 5.73 Å². The van der Waals surface area contributed by atoms with E-state index in [1.807, 2.05) is 30.3 Å². The third-order valence-electron chi connectivity index (χ3n) is 4.77. The Morgan fingerprint density at radius 1 is 1.12 bits per heavy atom. The summed E-state index contributed by atoms with van der Waals surface area (Å²) in [5, 5.41) is 17.2. The van der Waals surface area contributed by atoms with Crippen LogP contribution < -0.4 is 10.5 Å². The molecule has 3 rings (SSSR count). The topological polar surface area (TPSA) is 108 Å². The van der Waals surface area contributed by atoms with Gasteiger partial charge in [0.15, 0.2) is 0 Å². The normalized spacial score (nSPS) is 13.4. The van der Waals surface area contributed by atoms with Crippen LogP contribution in [0.4, 0.5) is 13.2 Å². The molecule has 2 aromatic carbocycles. The number of carbonyl (C=O) groups is 1. The zero-order chi connectivity index (χ0) is 24.8. The standard InChI is InChI=1S/C23H24F3N3O4S/c1-22(27,13-19(30)31)21-29-28-20(34-21)16-8-9-18(17(12-16)23(24,25)26)33-11-5-10-32-14-15-6-3-2-4-7-15/h2-4,6-9,12H,5,10-11,13-14,27H2,1H3,(H,30,31)/t22-/m0/s1. The molecular weight excluding hydrogens is 471 g/mol. The van der Waals surface area contributed by atoms with Gasteiger partial charge in [0.2, 0.25) is 0 Å². The molecule has 0 bridgehead atoms. The quantitative estimate of drug-likeness (QED) is 0.366. The van der Waals surface area contributed by atoms with Crippen LogP contribution in [-0.2, 0) is 27.9 Å². The van der Waals surface area contributed by atoms with Gasteiger partial charge in [0.25, 0.3) is 0 Å². The summed E-state index contributed by atoms with van der Waals surface area (Å²) in [5.41, 5.74) is 4.96. The van der Waals surface area contributed by atoms with Crippen LogP contribution in [0.1, 0.15) is 35.9 Å². The highest BCUT2D eigenvalue weighted by atomic mass is 32.1. The Balaban J connectivity index is 1.64. The summed E-state index contributed by atoms with van der Waals surface area (Å²) in [6, 6.07) is 13.2. The third kappa shape index (κ3) is 6.99. The Labute approximate surface area is 198 Å². The van der Waals surface area contributed by atoms with Crippen LogP contribution in [0.15, 0.2) is 48.5 Å². The molecule has 0 amide bonds. The number of carboxylic acids is 1. The summed E-state index contributed by atoms with van der Waals surface area (Å²) in [5.74, 6) is -1.41. The van der Waals surface area contributed by atoms with Gasteiger partial charge in [-0.2, -0.15) is 13.2 Å². The van der Waals surface area contributed by atoms with Crippen LogP contribution >= 0.6 is 11.3 Å². The largest absolute Gasteiger partial charge is 0.493 e. The SMILES string of the molecule is C[C@](N)(CC(=O)O)c1nnc(-c2ccc(OCCCOCc3ccccc3)c(C(F)(F)F)c2)s1. The average molecular weight is 496 g/mol. The first kappa shape index (κ1) is 25.6. The first-order valence-electron chi connectivity index (χ1n) is 10.4. The lowest BCUT2D eigenvalue weighted by molar-refractivity contribution is -0.139. The highest BCUT2D eigenvalue weighted by molar-refractivity contribution is 7.14. The summed E-state index contributed by atoms with van der Waals surface area (Å²) in [6.45, 7) is 2.30. The number of hydrogen-bond acceptors (Lipinski definition) is 7. The van der Waals surface area contributed by atoms with Crippen molar-refractivity contribution >= 4 is 17.3 Å². The minimum absolute atomic E-state index is 0.0564. The van der Waals surface area contributed by atoms with E-state index in [4.69, 9.17) is 20.3 Å². The minimum Gasteiger partial charge on any atom is -0.493 e. The van der Waals surface area contributed by atoms with Crippen LogP contribution in [0.25, 0.3) is 10.6 Å². The van der Waals surface area contributed by atoms with E-state index in [1.54, 1.807) is 0 Å². The molecule has 182 valence electrons. The lowest BCUT2D eigenvalue weighted by Gasteiger charge is -2.18. The van der Waals surface area contributed by atoms with Gasteiger partial charge >= 0.3 is 12.1 Å². The van der Waals surface area contributed by atoms with Crippen LogP contribution in [0.5, 0.6) is 5.75 Å². The molecule has 3 N–H and O–H groups in total. The molecule has 0 spiro atoms. The molecule has 0 aliphatic heterocycles. The number of alkyl halides is 3. The lowest BCUT2D eigenvalue weighted by atomic mass is 10.0. The zero-order valence-electron chi connectivity index (χ0n) is 18.3. The van der Waals surface area contributed by atoms with Crippen LogP contribution in [0.3, 0.4) is 0 Å². The Bertz CT molecular complexity index is 1100. The van der Waals surface area contributed by atoms with Gasteiger partial charge in [0.1, 0.15) is 15.8 Å². The van der Waals surface area contributed by atoms with Crippen molar-refractivity contribution in [2.45, 2.75) is 38.1 Å². The van der Waals surface area contributed by atoms with Gasteiger partial charge in [-0.3, -0.25) is 4.79 Å². The molecule has 0 saturated carbocycles. The zero-order valence-corrected chi connectivity index (χ0v) is 19.2. The summed E-state index contributed by atoms with van der Waals surface area (Å²) < 4.78 is 51.9. The Morgan fingerprint density at radius 3 is 2.53 bits per heavy atom. The van der Waals surface area contributed by atoms with E-state index in [-0.39, 0.29) is 27.9 Å². The summed E-state index contributed by atoms with van der Waals surface area (Å²) in [6.07, 6.45) is -4.62. The molecule has 11 heteroatoms. The van der Waals surface area contributed by atoms with E-state index < -0.39 is 29.7 Å². The van der Waals surface area contributed by atoms with Gasteiger partial charge in [-0.25, -0.2) is 0 Å². The van der Waals surface area contributed by atoms with E-state index in [9.17, 15) is 18.0 Å².